The predicted octanol–water partition coefficient (Wildman–Crippen LogP) is 4.49. The molecule has 1 aliphatic rings. The van der Waals surface area contributed by atoms with Gasteiger partial charge in [-0.1, -0.05) is 30.3 Å². The third-order valence-corrected chi connectivity index (χ3v) is 4.79. The van der Waals surface area contributed by atoms with E-state index in [9.17, 15) is 0 Å². The molecule has 1 aliphatic heterocycles. The van der Waals surface area contributed by atoms with Crippen molar-refractivity contribution in [3.8, 4) is 5.75 Å². The Kier molecular flexibility index (Phi) is 3.99. The Hall–Kier alpha value is -1.78. The maximum absolute atomic E-state index is 5.98. The number of benzene rings is 2. The fraction of sp³-hybridized carbons (Fsp3) is 0.368. The standard InChI is InChI=1S/C19H23BO3/c1-18(2)19(3,4)23-20(22-18)11-10-14-6-7-16-13-17(21-5)9-8-15(16)12-14/h6-13H,1-5H3/b11-10-. The minimum absolute atomic E-state index is 0.304. The molecule has 0 aromatic heterocycles. The molecule has 0 N–H and O–H groups in total. The summed E-state index contributed by atoms with van der Waals surface area (Å²) in [7, 11) is 1.37. The first-order valence-corrected chi connectivity index (χ1v) is 7.92. The summed E-state index contributed by atoms with van der Waals surface area (Å²) in [5.74, 6) is 2.85. The van der Waals surface area contributed by atoms with Crippen LogP contribution in [-0.2, 0) is 9.31 Å². The smallest absolute Gasteiger partial charge is 0.487 e. The van der Waals surface area contributed by atoms with E-state index in [4.69, 9.17) is 14.0 Å². The molecular formula is C19H23BO3. The van der Waals surface area contributed by atoms with E-state index in [1.54, 1.807) is 7.11 Å². The van der Waals surface area contributed by atoms with Gasteiger partial charge in [0.25, 0.3) is 0 Å². The Bertz CT molecular complexity index is 733. The molecule has 0 saturated carbocycles. The van der Waals surface area contributed by atoms with Gasteiger partial charge in [0.2, 0.25) is 0 Å². The topological polar surface area (TPSA) is 27.7 Å². The molecular weight excluding hydrogens is 287 g/mol. The first-order valence-electron chi connectivity index (χ1n) is 7.92. The summed E-state index contributed by atoms with van der Waals surface area (Å²) in [6, 6.07) is 12.4. The number of methoxy groups -OCH3 is 1. The van der Waals surface area contributed by atoms with Crippen molar-refractivity contribution in [2.45, 2.75) is 38.9 Å². The van der Waals surface area contributed by atoms with Gasteiger partial charge in [-0.15, -0.1) is 0 Å². The van der Waals surface area contributed by atoms with Gasteiger partial charge in [0.05, 0.1) is 18.3 Å². The summed E-state index contributed by atoms with van der Waals surface area (Å²) in [6.07, 6.45) is 2.05. The lowest BCUT2D eigenvalue weighted by atomic mass is 9.89. The minimum atomic E-state index is -0.313. The molecule has 0 amide bonds. The molecule has 0 unspecified atom stereocenters. The van der Waals surface area contributed by atoms with Gasteiger partial charge in [0, 0.05) is 0 Å². The normalized spacial score (nSPS) is 19.6. The molecule has 0 spiro atoms. The second kappa shape index (κ2) is 5.70. The van der Waals surface area contributed by atoms with Crippen molar-refractivity contribution in [2.24, 2.45) is 0 Å². The predicted molar refractivity (Wildman–Crippen MR) is 95.6 cm³/mol. The van der Waals surface area contributed by atoms with Crippen molar-refractivity contribution in [3.63, 3.8) is 0 Å². The highest BCUT2D eigenvalue weighted by molar-refractivity contribution is 6.52. The second-order valence-electron chi connectivity index (χ2n) is 6.96. The molecule has 1 fully saturated rings. The van der Waals surface area contributed by atoms with Crippen LogP contribution in [0, 0.1) is 0 Å². The summed E-state index contributed by atoms with van der Waals surface area (Å²) in [5, 5.41) is 2.35. The van der Waals surface area contributed by atoms with Gasteiger partial charge in [0.15, 0.2) is 0 Å². The maximum atomic E-state index is 5.98. The SMILES string of the molecule is COc1ccc2cc(/C=C\B3OC(C)(C)C(C)(C)O3)ccc2c1. The summed E-state index contributed by atoms with van der Waals surface area (Å²) in [4.78, 5) is 0. The zero-order valence-electron chi connectivity index (χ0n) is 14.4. The number of hydrogen-bond donors (Lipinski definition) is 0. The van der Waals surface area contributed by atoms with Gasteiger partial charge >= 0.3 is 7.12 Å². The van der Waals surface area contributed by atoms with Crippen LogP contribution in [0.4, 0.5) is 0 Å². The molecule has 2 aromatic rings. The molecule has 0 bridgehead atoms. The number of rotatable bonds is 3. The average molecular weight is 310 g/mol. The lowest BCUT2D eigenvalue weighted by molar-refractivity contribution is 0.00578. The summed E-state index contributed by atoms with van der Waals surface area (Å²) < 4.78 is 17.2. The van der Waals surface area contributed by atoms with Gasteiger partial charge in [0.1, 0.15) is 5.75 Å². The van der Waals surface area contributed by atoms with E-state index < -0.39 is 0 Å². The van der Waals surface area contributed by atoms with E-state index >= 15 is 0 Å². The van der Waals surface area contributed by atoms with Crippen molar-refractivity contribution in [3.05, 3.63) is 47.9 Å². The van der Waals surface area contributed by atoms with Crippen molar-refractivity contribution >= 4 is 24.0 Å². The third kappa shape index (κ3) is 3.14. The average Bonchev–Trinajstić information content (AvgIpc) is 2.72. The highest BCUT2D eigenvalue weighted by Gasteiger charge is 2.49. The molecule has 0 aliphatic carbocycles. The summed E-state index contributed by atoms with van der Waals surface area (Å²) >= 11 is 0. The Morgan fingerprint density at radius 2 is 1.52 bits per heavy atom. The maximum Gasteiger partial charge on any atom is 0.487 e. The summed E-state index contributed by atoms with van der Waals surface area (Å²) in [6.45, 7) is 8.24. The quantitative estimate of drug-likeness (QED) is 0.782. The van der Waals surface area contributed by atoms with Gasteiger partial charge in [-0.05, 0) is 62.2 Å². The van der Waals surface area contributed by atoms with E-state index in [1.807, 2.05) is 24.2 Å². The number of hydrogen-bond acceptors (Lipinski definition) is 3. The molecule has 0 atom stereocenters. The molecule has 120 valence electrons. The van der Waals surface area contributed by atoms with E-state index in [1.165, 1.54) is 5.39 Å². The molecule has 3 rings (SSSR count). The van der Waals surface area contributed by atoms with Crippen LogP contribution < -0.4 is 4.74 Å². The fourth-order valence-electron chi connectivity index (χ4n) is 2.63. The highest BCUT2D eigenvalue weighted by Crippen LogP contribution is 2.37. The van der Waals surface area contributed by atoms with E-state index in [0.717, 1.165) is 16.7 Å². The van der Waals surface area contributed by atoms with Gasteiger partial charge in [-0.25, -0.2) is 0 Å². The van der Waals surface area contributed by atoms with Crippen LogP contribution in [0.15, 0.2) is 42.4 Å². The second-order valence-corrected chi connectivity index (χ2v) is 6.96. The first kappa shape index (κ1) is 16.1. The Morgan fingerprint density at radius 3 is 2.17 bits per heavy atom. The molecule has 2 aromatic carbocycles. The fourth-order valence-corrected chi connectivity index (χ4v) is 2.63. The summed E-state index contributed by atoms with van der Waals surface area (Å²) in [5.41, 5.74) is 0.515. The molecule has 4 heteroatoms. The molecule has 23 heavy (non-hydrogen) atoms. The zero-order chi connectivity index (χ0) is 16.7. The van der Waals surface area contributed by atoms with Crippen LogP contribution in [0.25, 0.3) is 16.8 Å². The minimum Gasteiger partial charge on any atom is -0.497 e. The van der Waals surface area contributed by atoms with Crippen molar-refractivity contribution in [1.82, 2.24) is 0 Å². The Labute approximate surface area is 138 Å². The van der Waals surface area contributed by atoms with Crippen molar-refractivity contribution < 1.29 is 14.0 Å². The van der Waals surface area contributed by atoms with Gasteiger partial charge in [-0.2, -0.15) is 0 Å². The lowest BCUT2D eigenvalue weighted by Crippen LogP contribution is -2.41. The van der Waals surface area contributed by atoms with Crippen LogP contribution in [0.1, 0.15) is 33.3 Å². The van der Waals surface area contributed by atoms with E-state index in [-0.39, 0.29) is 18.3 Å². The molecule has 3 nitrogen and oxygen atoms in total. The highest BCUT2D eigenvalue weighted by atomic mass is 16.7. The number of ether oxygens (including phenoxy) is 1. The van der Waals surface area contributed by atoms with Crippen molar-refractivity contribution in [2.75, 3.05) is 7.11 Å². The Balaban J connectivity index is 1.79. The van der Waals surface area contributed by atoms with Gasteiger partial charge < -0.3 is 14.0 Å². The monoisotopic (exact) mass is 310 g/mol. The number of fused-ring (bicyclic) bond motifs is 1. The van der Waals surface area contributed by atoms with Crippen LogP contribution in [0.5, 0.6) is 5.75 Å². The zero-order valence-corrected chi connectivity index (χ0v) is 14.4. The molecule has 1 heterocycles. The van der Waals surface area contributed by atoms with Crippen LogP contribution in [0.3, 0.4) is 0 Å². The molecule has 1 saturated heterocycles. The lowest BCUT2D eigenvalue weighted by Gasteiger charge is -2.32. The van der Waals surface area contributed by atoms with Gasteiger partial charge in [-0.3, -0.25) is 0 Å². The molecule has 0 radical (unpaired) electrons. The van der Waals surface area contributed by atoms with Crippen LogP contribution in [-0.4, -0.2) is 25.4 Å². The Morgan fingerprint density at radius 1 is 0.913 bits per heavy atom. The largest absolute Gasteiger partial charge is 0.497 e. The van der Waals surface area contributed by atoms with E-state index in [0.29, 0.717) is 0 Å². The third-order valence-electron chi connectivity index (χ3n) is 4.79. The van der Waals surface area contributed by atoms with Crippen molar-refractivity contribution in [1.29, 1.82) is 0 Å². The van der Waals surface area contributed by atoms with Crippen LogP contribution in [0.2, 0.25) is 0 Å². The van der Waals surface area contributed by atoms with Crippen LogP contribution >= 0.6 is 0 Å². The van der Waals surface area contributed by atoms with E-state index in [2.05, 4.69) is 52.0 Å². The first-order chi connectivity index (χ1) is 10.8.